The van der Waals surface area contributed by atoms with Crippen LogP contribution < -0.4 is 4.74 Å². The summed E-state index contributed by atoms with van der Waals surface area (Å²) in [5.74, 6) is -0.484. The number of hydrogen-bond acceptors (Lipinski definition) is 1. The van der Waals surface area contributed by atoms with Crippen molar-refractivity contribution in [3.05, 3.63) is 64.7 Å². The highest BCUT2D eigenvalue weighted by atomic mass is 19.4. The Kier molecular flexibility index (Phi) is 6.09. The van der Waals surface area contributed by atoms with Crippen molar-refractivity contribution in [1.82, 2.24) is 0 Å². The van der Waals surface area contributed by atoms with Crippen molar-refractivity contribution in [2.45, 2.75) is 58.2 Å². The topological polar surface area (TPSA) is 9.23 Å². The molecule has 166 valence electrons. The minimum atomic E-state index is -4.82. The van der Waals surface area contributed by atoms with Crippen LogP contribution in [0.15, 0.2) is 42.0 Å². The van der Waals surface area contributed by atoms with Crippen molar-refractivity contribution in [3.63, 3.8) is 0 Å². The van der Waals surface area contributed by atoms with Crippen molar-refractivity contribution in [1.29, 1.82) is 0 Å². The summed E-state index contributed by atoms with van der Waals surface area (Å²) in [4.78, 5) is 0. The molecular weight excluding hydrogens is 411 g/mol. The largest absolute Gasteiger partial charge is 0.573 e. The van der Waals surface area contributed by atoms with E-state index in [2.05, 4.69) is 17.7 Å². The summed E-state index contributed by atoms with van der Waals surface area (Å²) in [6.45, 7) is 2.22. The molecule has 2 aromatic rings. The van der Waals surface area contributed by atoms with Gasteiger partial charge in [-0.2, -0.15) is 0 Å². The smallest absolute Gasteiger partial charge is 0.406 e. The van der Waals surface area contributed by atoms with Crippen molar-refractivity contribution < 1.29 is 26.7 Å². The third-order valence-corrected chi connectivity index (χ3v) is 6.70. The molecule has 6 heteroatoms. The predicted molar refractivity (Wildman–Crippen MR) is 110 cm³/mol. The molecule has 2 aromatic carbocycles. The first-order valence-corrected chi connectivity index (χ1v) is 10.8. The molecule has 2 aliphatic carbocycles. The molecule has 0 saturated heterocycles. The number of ether oxygens (including phenoxy) is 1. The Labute approximate surface area is 178 Å². The van der Waals surface area contributed by atoms with Gasteiger partial charge in [-0.25, -0.2) is 8.78 Å². The summed E-state index contributed by atoms with van der Waals surface area (Å²) in [5, 5.41) is 0. The molecule has 4 rings (SSSR count). The summed E-state index contributed by atoms with van der Waals surface area (Å²) in [6.07, 6.45) is 4.13. The lowest BCUT2D eigenvalue weighted by Crippen LogP contribution is -2.19. The quantitative estimate of drug-likeness (QED) is 0.351. The number of allylic oxidation sites excluding steroid dienone is 2. The first-order valence-electron chi connectivity index (χ1n) is 10.8. The van der Waals surface area contributed by atoms with E-state index in [1.165, 1.54) is 43.0 Å². The summed E-state index contributed by atoms with van der Waals surface area (Å²) >= 11 is 0. The number of halogens is 5. The van der Waals surface area contributed by atoms with E-state index in [9.17, 15) is 17.6 Å². The Hall–Kier alpha value is -2.37. The van der Waals surface area contributed by atoms with Crippen molar-refractivity contribution in [2.75, 3.05) is 0 Å². The van der Waals surface area contributed by atoms with E-state index < -0.39 is 23.7 Å². The molecule has 0 unspecified atom stereocenters. The lowest BCUT2D eigenvalue weighted by atomic mass is 9.74. The Balaban J connectivity index is 1.56. The van der Waals surface area contributed by atoms with Crippen LogP contribution in [-0.4, -0.2) is 6.36 Å². The van der Waals surface area contributed by atoms with Crippen molar-refractivity contribution in [3.8, 4) is 16.9 Å². The van der Waals surface area contributed by atoms with Crippen LogP contribution in [0.1, 0.15) is 50.2 Å². The van der Waals surface area contributed by atoms with Gasteiger partial charge in [-0.15, -0.1) is 13.2 Å². The van der Waals surface area contributed by atoms with Gasteiger partial charge in [-0.05, 0) is 85.3 Å². The standard InChI is InChI=1S/C25H25F5O/c1-2-15-3-5-16(6-4-15)18-9-12-21-19(13-18)14-22(26)23(24(21)27)17-7-10-20(11-8-17)31-25(28,29)30/h7-11,14-16H,2-6,12-13H2,1H3. The van der Waals surface area contributed by atoms with E-state index in [1.807, 2.05) is 0 Å². The molecule has 0 spiro atoms. The van der Waals surface area contributed by atoms with Crippen LogP contribution in [0.25, 0.3) is 11.1 Å². The van der Waals surface area contributed by atoms with Crippen molar-refractivity contribution in [2.24, 2.45) is 11.8 Å². The third kappa shape index (κ3) is 4.78. The Bertz CT molecular complexity index is 967. The number of fused-ring (bicyclic) bond motifs is 1. The summed E-state index contributed by atoms with van der Waals surface area (Å²) in [5.41, 5.74) is 2.39. The second-order valence-corrected chi connectivity index (χ2v) is 8.54. The van der Waals surface area contributed by atoms with Crippen molar-refractivity contribution >= 4 is 0 Å². The van der Waals surface area contributed by atoms with E-state index >= 15 is 4.39 Å². The number of alkyl halides is 3. The number of rotatable bonds is 4. The van der Waals surface area contributed by atoms with Crippen LogP contribution in [0.4, 0.5) is 22.0 Å². The molecule has 2 aliphatic rings. The van der Waals surface area contributed by atoms with Crippen LogP contribution in [0.2, 0.25) is 0 Å². The van der Waals surface area contributed by atoms with Crippen LogP contribution in [-0.2, 0) is 12.8 Å². The van der Waals surface area contributed by atoms with Gasteiger partial charge in [0.2, 0.25) is 0 Å². The molecule has 1 saturated carbocycles. The van der Waals surface area contributed by atoms with Crippen LogP contribution >= 0.6 is 0 Å². The lowest BCUT2D eigenvalue weighted by Gasteiger charge is -2.32. The van der Waals surface area contributed by atoms with E-state index in [-0.39, 0.29) is 11.1 Å². The average molecular weight is 436 g/mol. The zero-order valence-corrected chi connectivity index (χ0v) is 17.4. The maximum absolute atomic E-state index is 15.3. The van der Waals surface area contributed by atoms with Crippen LogP contribution in [0.3, 0.4) is 0 Å². The first kappa shape index (κ1) is 21.8. The molecule has 31 heavy (non-hydrogen) atoms. The minimum absolute atomic E-state index is 0.181. The third-order valence-electron chi connectivity index (χ3n) is 6.70. The van der Waals surface area contributed by atoms with Gasteiger partial charge in [-0.1, -0.05) is 37.1 Å². The molecule has 0 radical (unpaired) electrons. The van der Waals surface area contributed by atoms with Gasteiger partial charge in [0, 0.05) is 0 Å². The zero-order chi connectivity index (χ0) is 22.2. The van der Waals surface area contributed by atoms with E-state index in [1.54, 1.807) is 0 Å². The molecular formula is C25H25F5O. The van der Waals surface area contributed by atoms with E-state index in [4.69, 9.17) is 0 Å². The van der Waals surface area contributed by atoms with Crippen LogP contribution in [0.5, 0.6) is 5.75 Å². The Morgan fingerprint density at radius 2 is 1.68 bits per heavy atom. The van der Waals surface area contributed by atoms with Gasteiger partial charge in [0.15, 0.2) is 0 Å². The van der Waals surface area contributed by atoms with Gasteiger partial charge in [0.25, 0.3) is 0 Å². The zero-order valence-electron chi connectivity index (χ0n) is 17.4. The maximum Gasteiger partial charge on any atom is 0.573 e. The monoisotopic (exact) mass is 436 g/mol. The Morgan fingerprint density at radius 1 is 1.00 bits per heavy atom. The maximum atomic E-state index is 15.3. The second kappa shape index (κ2) is 8.64. The molecule has 0 aromatic heterocycles. The SMILES string of the molecule is CCC1CCC(C2=CCc3c(cc(F)c(-c4ccc(OC(F)(F)F)cc4)c3F)C2)CC1. The molecule has 1 fully saturated rings. The fourth-order valence-corrected chi connectivity index (χ4v) is 4.95. The number of hydrogen-bond donors (Lipinski definition) is 0. The fourth-order valence-electron chi connectivity index (χ4n) is 4.95. The molecule has 0 bridgehead atoms. The molecule has 0 heterocycles. The van der Waals surface area contributed by atoms with Gasteiger partial charge < -0.3 is 4.74 Å². The highest BCUT2D eigenvalue weighted by molar-refractivity contribution is 5.68. The second-order valence-electron chi connectivity index (χ2n) is 8.54. The molecule has 1 nitrogen and oxygen atoms in total. The first-order chi connectivity index (χ1) is 14.7. The highest BCUT2D eigenvalue weighted by Gasteiger charge is 2.31. The van der Waals surface area contributed by atoms with E-state index in [0.717, 1.165) is 30.9 Å². The lowest BCUT2D eigenvalue weighted by molar-refractivity contribution is -0.274. The van der Waals surface area contributed by atoms with Crippen LogP contribution in [0, 0.1) is 23.5 Å². The molecule has 0 amide bonds. The summed E-state index contributed by atoms with van der Waals surface area (Å²) in [6, 6.07) is 5.99. The molecule has 0 atom stereocenters. The van der Waals surface area contributed by atoms with E-state index in [0.29, 0.717) is 29.9 Å². The Morgan fingerprint density at radius 3 is 2.29 bits per heavy atom. The normalized spacial score (nSPS) is 21.4. The van der Waals surface area contributed by atoms with Gasteiger partial charge >= 0.3 is 6.36 Å². The number of benzene rings is 2. The summed E-state index contributed by atoms with van der Waals surface area (Å²) in [7, 11) is 0. The fraction of sp³-hybridized carbons (Fsp3) is 0.440. The molecule has 0 aliphatic heterocycles. The minimum Gasteiger partial charge on any atom is -0.406 e. The van der Waals surface area contributed by atoms with Gasteiger partial charge in [0.05, 0.1) is 5.56 Å². The predicted octanol–water partition coefficient (Wildman–Crippen LogP) is 7.77. The molecule has 0 N–H and O–H groups in total. The summed E-state index contributed by atoms with van der Waals surface area (Å²) < 4.78 is 71.0. The highest BCUT2D eigenvalue weighted by Crippen LogP contribution is 2.40. The van der Waals surface area contributed by atoms with Gasteiger partial charge in [-0.3, -0.25) is 0 Å². The average Bonchev–Trinajstić information content (AvgIpc) is 2.73. The van der Waals surface area contributed by atoms with Gasteiger partial charge in [0.1, 0.15) is 17.4 Å².